The fourth-order valence-corrected chi connectivity index (χ4v) is 4.18. The molecule has 0 bridgehead atoms. The topological polar surface area (TPSA) is 74.2 Å². The van der Waals surface area contributed by atoms with Gasteiger partial charge in [0, 0.05) is 38.8 Å². The number of nitrogens with zero attached hydrogens (tertiary/aromatic N) is 4. The molecule has 2 aliphatic rings. The number of benzene rings is 1. The van der Waals surface area contributed by atoms with Crippen LogP contribution in [0, 0.1) is 0 Å². The predicted molar refractivity (Wildman–Crippen MR) is 100 cm³/mol. The quantitative estimate of drug-likeness (QED) is 0.774. The molecule has 2 aromatic rings. The number of aromatic nitrogens is 3. The molecule has 1 aliphatic heterocycles. The summed E-state index contributed by atoms with van der Waals surface area (Å²) in [6.07, 6.45) is 2.04. The van der Waals surface area contributed by atoms with Crippen LogP contribution in [0.5, 0.6) is 0 Å². The van der Waals surface area contributed by atoms with Crippen molar-refractivity contribution < 1.29 is 4.79 Å². The summed E-state index contributed by atoms with van der Waals surface area (Å²) in [7, 11) is 0. The molecule has 4 rings (SSSR count). The highest BCUT2D eigenvalue weighted by Crippen LogP contribution is 2.36. The van der Waals surface area contributed by atoms with Gasteiger partial charge in [0.05, 0.1) is 5.75 Å². The molecule has 1 aromatic carbocycles. The fourth-order valence-electron chi connectivity index (χ4n) is 3.26. The van der Waals surface area contributed by atoms with Gasteiger partial charge in [-0.25, -0.2) is 9.89 Å². The fraction of sp³-hybridized carbons (Fsp3) is 0.500. The first-order chi connectivity index (χ1) is 12.7. The Labute approximate surface area is 156 Å². The summed E-state index contributed by atoms with van der Waals surface area (Å²) in [6, 6.07) is 10.7. The van der Waals surface area contributed by atoms with Crippen molar-refractivity contribution in [3.05, 3.63) is 46.4 Å². The molecular formula is C18H23N5O2S. The Bertz CT molecular complexity index is 806. The van der Waals surface area contributed by atoms with E-state index in [0.29, 0.717) is 10.9 Å². The Morgan fingerprint density at radius 2 is 1.88 bits per heavy atom. The average Bonchev–Trinajstić information content (AvgIpc) is 3.43. The highest BCUT2D eigenvalue weighted by Gasteiger charge is 2.29. The number of nitrogens with one attached hydrogen (secondary N) is 1. The molecule has 1 N–H and O–H groups in total. The molecule has 7 nitrogen and oxygen atoms in total. The number of aromatic amines is 1. The van der Waals surface area contributed by atoms with Crippen LogP contribution in [-0.2, 0) is 11.3 Å². The number of piperazine rings is 1. The molecule has 1 aliphatic carbocycles. The van der Waals surface area contributed by atoms with E-state index in [9.17, 15) is 9.59 Å². The lowest BCUT2D eigenvalue weighted by Gasteiger charge is -2.34. The zero-order chi connectivity index (χ0) is 17.9. The van der Waals surface area contributed by atoms with Crippen LogP contribution in [0.1, 0.15) is 24.4 Å². The molecule has 0 atom stereocenters. The third kappa shape index (κ3) is 4.02. The normalized spacial score (nSPS) is 18.2. The largest absolute Gasteiger partial charge is 0.344 e. The molecule has 8 heteroatoms. The van der Waals surface area contributed by atoms with Gasteiger partial charge in [0.15, 0.2) is 5.16 Å². The van der Waals surface area contributed by atoms with Gasteiger partial charge in [0.25, 0.3) is 0 Å². The Balaban J connectivity index is 1.26. The van der Waals surface area contributed by atoms with Crippen LogP contribution in [0.3, 0.4) is 0 Å². The van der Waals surface area contributed by atoms with Crippen LogP contribution in [0.25, 0.3) is 0 Å². The lowest BCUT2D eigenvalue weighted by molar-refractivity contribution is -0.130. The van der Waals surface area contributed by atoms with Crippen LogP contribution in [0.15, 0.2) is 40.3 Å². The molecule has 1 saturated heterocycles. The molecule has 2 heterocycles. The SMILES string of the molecule is O=C(CSc1n[nH]c(=O)n1C1CC1)N1CCN(Cc2ccccc2)CC1. The number of thioether (sulfide) groups is 1. The second-order valence-corrected chi connectivity index (χ2v) is 7.79. The van der Waals surface area contributed by atoms with E-state index in [-0.39, 0.29) is 17.6 Å². The smallest absolute Gasteiger partial charge is 0.339 e. The number of carbonyl (C=O) groups is 1. The Morgan fingerprint density at radius 3 is 2.58 bits per heavy atom. The summed E-state index contributed by atoms with van der Waals surface area (Å²) in [4.78, 5) is 28.6. The van der Waals surface area contributed by atoms with Crippen molar-refractivity contribution >= 4 is 17.7 Å². The van der Waals surface area contributed by atoms with E-state index in [1.54, 1.807) is 4.57 Å². The monoisotopic (exact) mass is 373 g/mol. The maximum Gasteiger partial charge on any atom is 0.344 e. The van der Waals surface area contributed by atoms with Gasteiger partial charge < -0.3 is 4.90 Å². The van der Waals surface area contributed by atoms with Crippen LogP contribution in [-0.4, -0.2) is 62.4 Å². The van der Waals surface area contributed by atoms with E-state index in [1.807, 2.05) is 11.0 Å². The lowest BCUT2D eigenvalue weighted by Crippen LogP contribution is -2.48. The average molecular weight is 373 g/mol. The van der Waals surface area contributed by atoms with Crippen LogP contribution < -0.4 is 5.69 Å². The van der Waals surface area contributed by atoms with E-state index >= 15 is 0 Å². The standard InChI is InChI=1S/C18H23N5O2S/c24-16(13-26-18-20-19-17(25)23(18)15-6-7-15)22-10-8-21(9-11-22)12-14-4-2-1-3-5-14/h1-5,15H,6-13H2,(H,19,25). The zero-order valence-corrected chi connectivity index (χ0v) is 15.5. The molecule has 1 aromatic heterocycles. The first kappa shape index (κ1) is 17.4. The Morgan fingerprint density at radius 1 is 1.15 bits per heavy atom. The van der Waals surface area contributed by atoms with E-state index in [2.05, 4.69) is 39.4 Å². The molecule has 138 valence electrons. The van der Waals surface area contributed by atoms with Gasteiger partial charge in [0.1, 0.15) is 0 Å². The predicted octanol–water partition coefficient (Wildman–Crippen LogP) is 1.34. The van der Waals surface area contributed by atoms with Gasteiger partial charge in [-0.15, -0.1) is 5.10 Å². The van der Waals surface area contributed by atoms with E-state index in [0.717, 1.165) is 45.6 Å². The number of rotatable bonds is 6. The number of hydrogen-bond acceptors (Lipinski definition) is 5. The van der Waals surface area contributed by atoms with Gasteiger partial charge in [0.2, 0.25) is 5.91 Å². The first-order valence-electron chi connectivity index (χ1n) is 9.04. The van der Waals surface area contributed by atoms with Gasteiger partial charge in [-0.05, 0) is 18.4 Å². The second kappa shape index (κ2) is 7.67. The minimum atomic E-state index is -0.169. The molecule has 1 amide bonds. The third-order valence-corrected chi connectivity index (χ3v) is 5.82. The van der Waals surface area contributed by atoms with Crippen molar-refractivity contribution in [3.63, 3.8) is 0 Å². The Kier molecular flexibility index (Phi) is 5.12. The van der Waals surface area contributed by atoms with Crippen molar-refractivity contribution in [3.8, 4) is 0 Å². The van der Waals surface area contributed by atoms with E-state index < -0.39 is 0 Å². The lowest BCUT2D eigenvalue weighted by atomic mass is 10.2. The van der Waals surface area contributed by atoms with Gasteiger partial charge in [-0.1, -0.05) is 42.1 Å². The third-order valence-electron chi connectivity index (χ3n) is 4.88. The van der Waals surface area contributed by atoms with Crippen molar-refractivity contribution in [2.24, 2.45) is 0 Å². The molecule has 0 spiro atoms. The molecular weight excluding hydrogens is 350 g/mol. The molecule has 2 fully saturated rings. The van der Waals surface area contributed by atoms with E-state index in [1.165, 1.54) is 17.3 Å². The summed E-state index contributed by atoms with van der Waals surface area (Å²) in [5, 5.41) is 7.19. The first-order valence-corrected chi connectivity index (χ1v) is 10.0. The van der Waals surface area contributed by atoms with Gasteiger partial charge >= 0.3 is 5.69 Å². The second-order valence-electron chi connectivity index (χ2n) is 6.84. The van der Waals surface area contributed by atoms with Crippen molar-refractivity contribution in [1.82, 2.24) is 24.6 Å². The molecule has 26 heavy (non-hydrogen) atoms. The number of H-pyrrole nitrogens is 1. The van der Waals surface area contributed by atoms with Crippen LogP contribution >= 0.6 is 11.8 Å². The molecule has 0 radical (unpaired) electrons. The Hall–Kier alpha value is -2.06. The summed E-state index contributed by atoms with van der Waals surface area (Å²) in [6.45, 7) is 4.21. The summed E-state index contributed by atoms with van der Waals surface area (Å²) >= 11 is 1.36. The molecule has 0 unspecified atom stereocenters. The number of carbonyl (C=O) groups excluding carboxylic acids is 1. The van der Waals surface area contributed by atoms with Crippen LogP contribution in [0.2, 0.25) is 0 Å². The summed E-state index contributed by atoms with van der Waals surface area (Å²) < 4.78 is 1.69. The number of amides is 1. The van der Waals surface area contributed by atoms with Crippen molar-refractivity contribution in [2.75, 3.05) is 31.9 Å². The van der Waals surface area contributed by atoms with Gasteiger partial charge in [-0.2, -0.15) is 0 Å². The minimum absolute atomic E-state index is 0.118. The maximum absolute atomic E-state index is 12.5. The summed E-state index contributed by atoms with van der Waals surface area (Å²) in [5.41, 5.74) is 1.14. The van der Waals surface area contributed by atoms with Crippen LogP contribution in [0.4, 0.5) is 0 Å². The minimum Gasteiger partial charge on any atom is -0.339 e. The highest BCUT2D eigenvalue weighted by atomic mass is 32.2. The van der Waals surface area contributed by atoms with Crippen molar-refractivity contribution in [2.45, 2.75) is 30.6 Å². The number of hydrogen-bond donors (Lipinski definition) is 1. The summed E-state index contributed by atoms with van der Waals surface area (Å²) in [5.74, 6) is 0.447. The van der Waals surface area contributed by atoms with Crippen molar-refractivity contribution in [1.29, 1.82) is 0 Å². The zero-order valence-electron chi connectivity index (χ0n) is 14.6. The van der Waals surface area contributed by atoms with Gasteiger partial charge in [-0.3, -0.25) is 14.3 Å². The molecule has 1 saturated carbocycles. The van der Waals surface area contributed by atoms with E-state index in [4.69, 9.17) is 0 Å². The highest BCUT2D eigenvalue weighted by molar-refractivity contribution is 7.99. The maximum atomic E-state index is 12.5.